The summed E-state index contributed by atoms with van der Waals surface area (Å²) >= 11 is 0. The maximum Gasteiger partial charge on any atom is 0.253 e. The number of amides is 1. The first kappa shape index (κ1) is 22.0. The highest BCUT2D eigenvalue weighted by Gasteiger charge is 2.33. The van der Waals surface area contributed by atoms with Crippen LogP contribution in [-0.4, -0.2) is 63.9 Å². The zero-order valence-electron chi connectivity index (χ0n) is 17.2. The quantitative estimate of drug-likeness (QED) is 0.696. The molecule has 4 rings (SSSR count). The van der Waals surface area contributed by atoms with Crippen molar-refractivity contribution in [2.75, 3.05) is 31.9 Å². The molecular weight excluding hydrogens is 436 g/mol. The third-order valence-corrected chi connectivity index (χ3v) is 10.0. The average Bonchev–Trinajstić information content (AvgIpc) is 3.27. The minimum atomic E-state index is -3.54. The van der Waals surface area contributed by atoms with Gasteiger partial charge in [-0.25, -0.2) is 16.8 Å². The minimum absolute atomic E-state index is 0.0975. The largest absolute Gasteiger partial charge is 0.338 e. The second-order valence-electron chi connectivity index (χ2n) is 7.98. The van der Waals surface area contributed by atoms with Crippen LogP contribution in [0.1, 0.15) is 40.4 Å². The maximum atomic E-state index is 13.0. The highest BCUT2D eigenvalue weighted by atomic mass is 32.2. The van der Waals surface area contributed by atoms with E-state index in [2.05, 4.69) is 0 Å². The Labute approximate surface area is 183 Å². The fourth-order valence-corrected chi connectivity index (χ4v) is 7.53. The molecule has 1 amide bonds. The van der Waals surface area contributed by atoms with Crippen molar-refractivity contribution < 1.29 is 21.6 Å². The van der Waals surface area contributed by atoms with E-state index in [4.69, 9.17) is 0 Å². The fourth-order valence-electron chi connectivity index (χ4n) is 4.22. The first-order valence-electron chi connectivity index (χ1n) is 10.4. The monoisotopic (exact) mass is 462 g/mol. The summed E-state index contributed by atoms with van der Waals surface area (Å²) in [6.45, 7) is 1.49. The van der Waals surface area contributed by atoms with Crippen LogP contribution < -0.4 is 0 Å². The molecule has 2 saturated heterocycles. The smallest absolute Gasteiger partial charge is 0.253 e. The first-order chi connectivity index (χ1) is 14.8. The topological polar surface area (TPSA) is 91.8 Å². The molecular formula is C22H26N2O5S2. The molecule has 2 aromatic carbocycles. The molecule has 0 saturated carbocycles. The third kappa shape index (κ3) is 4.53. The number of hydrogen-bond donors (Lipinski definition) is 0. The second-order valence-corrected chi connectivity index (χ2v) is 12.2. The van der Waals surface area contributed by atoms with Crippen molar-refractivity contribution in [3.63, 3.8) is 0 Å². The van der Waals surface area contributed by atoms with E-state index in [1.807, 2.05) is 18.2 Å². The number of rotatable bonds is 4. The van der Waals surface area contributed by atoms with Crippen LogP contribution >= 0.6 is 0 Å². The molecule has 0 bridgehead atoms. The fraction of sp³-hybridized carbons (Fsp3) is 0.409. The van der Waals surface area contributed by atoms with Gasteiger partial charge in [-0.15, -0.1) is 0 Å². The van der Waals surface area contributed by atoms with Gasteiger partial charge in [-0.3, -0.25) is 4.79 Å². The van der Waals surface area contributed by atoms with E-state index < -0.39 is 25.1 Å². The molecule has 2 aliphatic rings. The van der Waals surface area contributed by atoms with Gasteiger partial charge in [0.15, 0.2) is 9.84 Å². The molecule has 0 N–H and O–H groups in total. The van der Waals surface area contributed by atoms with Gasteiger partial charge in [0.1, 0.15) is 0 Å². The summed E-state index contributed by atoms with van der Waals surface area (Å²) in [5.74, 6) is -0.381. The average molecular weight is 463 g/mol. The Kier molecular flexibility index (Phi) is 6.18. The van der Waals surface area contributed by atoms with E-state index in [1.165, 1.54) is 28.6 Å². The predicted octanol–water partition coefficient (Wildman–Crippen LogP) is 2.47. The predicted molar refractivity (Wildman–Crippen MR) is 118 cm³/mol. The van der Waals surface area contributed by atoms with E-state index in [9.17, 15) is 21.6 Å². The number of carbonyl (C=O) groups is 1. The highest BCUT2D eigenvalue weighted by Crippen LogP contribution is 2.30. The molecule has 31 heavy (non-hydrogen) atoms. The number of benzene rings is 2. The lowest BCUT2D eigenvalue weighted by Crippen LogP contribution is -2.33. The van der Waals surface area contributed by atoms with Crippen LogP contribution in [0.25, 0.3) is 0 Å². The summed E-state index contributed by atoms with van der Waals surface area (Å²) in [4.78, 5) is 14.7. The molecule has 9 heteroatoms. The maximum absolute atomic E-state index is 13.0. The Morgan fingerprint density at radius 2 is 1.52 bits per heavy atom. The lowest BCUT2D eigenvalue weighted by atomic mass is 10.1. The number of sulfonamides is 1. The van der Waals surface area contributed by atoms with Crippen LogP contribution in [0.2, 0.25) is 0 Å². The SMILES string of the molecule is O=C(c1ccc(S(=O)(=O)N2CCCC2)cc1)N1CCC(c2ccccc2)S(=O)(=O)CC1. The molecule has 2 fully saturated rings. The van der Waals surface area contributed by atoms with Gasteiger partial charge in [0.2, 0.25) is 10.0 Å². The van der Waals surface area contributed by atoms with E-state index >= 15 is 0 Å². The summed E-state index contributed by atoms with van der Waals surface area (Å²) in [6, 6.07) is 15.0. The molecule has 2 aliphatic heterocycles. The van der Waals surface area contributed by atoms with Crippen molar-refractivity contribution in [2.24, 2.45) is 0 Å². The van der Waals surface area contributed by atoms with E-state index in [0.717, 1.165) is 18.4 Å². The van der Waals surface area contributed by atoms with E-state index in [0.29, 0.717) is 31.6 Å². The Bertz CT molecular complexity index is 1140. The van der Waals surface area contributed by atoms with Crippen LogP contribution in [0, 0.1) is 0 Å². The zero-order valence-corrected chi connectivity index (χ0v) is 18.8. The van der Waals surface area contributed by atoms with Gasteiger partial charge in [-0.1, -0.05) is 30.3 Å². The minimum Gasteiger partial charge on any atom is -0.338 e. The van der Waals surface area contributed by atoms with Crippen molar-refractivity contribution >= 4 is 25.8 Å². The standard InChI is InChI=1S/C22H26N2O5S2/c25-22(19-8-10-20(11-9-19)31(28,29)24-13-4-5-14-24)23-15-12-21(30(26,27)17-16-23)18-6-2-1-3-7-18/h1-3,6-11,21H,4-5,12-17H2. The number of hydrogen-bond acceptors (Lipinski definition) is 5. The second kappa shape index (κ2) is 8.72. The third-order valence-electron chi connectivity index (χ3n) is 6.00. The van der Waals surface area contributed by atoms with Crippen LogP contribution in [0.4, 0.5) is 0 Å². The van der Waals surface area contributed by atoms with Gasteiger partial charge in [0.25, 0.3) is 5.91 Å². The Morgan fingerprint density at radius 3 is 2.16 bits per heavy atom. The van der Waals surface area contributed by atoms with Crippen molar-refractivity contribution in [1.29, 1.82) is 0 Å². The molecule has 0 aliphatic carbocycles. The van der Waals surface area contributed by atoms with Crippen LogP contribution in [0.15, 0.2) is 59.5 Å². The summed E-state index contributed by atoms with van der Waals surface area (Å²) < 4.78 is 52.4. The molecule has 0 radical (unpaired) electrons. The van der Waals surface area contributed by atoms with E-state index in [1.54, 1.807) is 17.0 Å². The van der Waals surface area contributed by atoms with Crippen molar-refractivity contribution in [3.05, 3.63) is 65.7 Å². The molecule has 2 heterocycles. The van der Waals surface area contributed by atoms with Crippen molar-refractivity contribution in [3.8, 4) is 0 Å². The van der Waals surface area contributed by atoms with Gasteiger partial charge in [0.05, 0.1) is 15.9 Å². The molecule has 1 atom stereocenters. The van der Waals surface area contributed by atoms with E-state index in [-0.39, 0.29) is 23.1 Å². The Morgan fingerprint density at radius 1 is 0.871 bits per heavy atom. The number of carbonyl (C=O) groups excluding carboxylic acids is 1. The summed E-state index contributed by atoms with van der Waals surface area (Å²) in [5, 5.41) is -0.625. The molecule has 0 aromatic heterocycles. The zero-order chi connectivity index (χ0) is 22.1. The molecule has 7 nitrogen and oxygen atoms in total. The van der Waals surface area contributed by atoms with Gasteiger partial charge >= 0.3 is 0 Å². The lowest BCUT2D eigenvalue weighted by molar-refractivity contribution is 0.0766. The van der Waals surface area contributed by atoms with Crippen molar-refractivity contribution in [1.82, 2.24) is 9.21 Å². The highest BCUT2D eigenvalue weighted by molar-refractivity contribution is 7.91. The number of sulfone groups is 1. The first-order valence-corrected chi connectivity index (χ1v) is 13.6. The Balaban J connectivity index is 1.50. The molecule has 2 aromatic rings. The molecule has 0 spiro atoms. The number of nitrogens with zero attached hydrogens (tertiary/aromatic N) is 2. The normalized spacial score (nSPS) is 22.2. The Hall–Kier alpha value is -2.23. The van der Waals surface area contributed by atoms with Crippen LogP contribution in [-0.2, 0) is 19.9 Å². The lowest BCUT2D eigenvalue weighted by Gasteiger charge is -2.20. The van der Waals surface area contributed by atoms with Gasteiger partial charge in [-0.2, -0.15) is 4.31 Å². The van der Waals surface area contributed by atoms with Crippen LogP contribution in [0.3, 0.4) is 0 Å². The molecule has 166 valence electrons. The summed E-state index contributed by atoms with van der Waals surface area (Å²) in [7, 11) is -6.91. The molecule has 1 unspecified atom stereocenters. The van der Waals surface area contributed by atoms with Crippen LogP contribution in [0.5, 0.6) is 0 Å². The summed E-state index contributed by atoms with van der Waals surface area (Å²) in [5.41, 5.74) is 1.10. The summed E-state index contributed by atoms with van der Waals surface area (Å²) in [6.07, 6.45) is 2.05. The van der Waals surface area contributed by atoms with Gasteiger partial charge in [-0.05, 0) is 49.1 Å². The van der Waals surface area contributed by atoms with Gasteiger partial charge in [0, 0.05) is 31.7 Å². The van der Waals surface area contributed by atoms with Crippen molar-refractivity contribution in [2.45, 2.75) is 29.4 Å². The van der Waals surface area contributed by atoms with Gasteiger partial charge < -0.3 is 4.90 Å².